The predicted octanol–water partition coefficient (Wildman–Crippen LogP) is 2.15. The van der Waals surface area contributed by atoms with Gasteiger partial charge >= 0.3 is 0 Å². The highest BCUT2D eigenvalue weighted by Crippen LogP contribution is 2.25. The van der Waals surface area contributed by atoms with Gasteiger partial charge in [0.05, 0.1) is 6.54 Å². The number of hydrogen-bond acceptors (Lipinski definition) is 3. The zero-order chi connectivity index (χ0) is 14.4. The molecule has 19 heavy (non-hydrogen) atoms. The van der Waals surface area contributed by atoms with Crippen molar-refractivity contribution in [2.75, 3.05) is 18.0 Å². The molecule has 0 bridgehead atoms. The molecule has 0 aromatic heterocycles. The van der Waals surface area contributed by atoms with Crippen molar-refractivity contribution in [1.82, 2.24) is 5.32 Å². The lowest BCUT2D eigenvalue weighted by Crippen LogP contribution is -2.38. The highest BCUT2D eigenvalue weighted by molar-refractivity contribution is 6.31. The summed E-state index contributed by atoms with van der Waals surface area (Å²) in [6.07, 6.45) is 0. The molecule has 0 aliphatic heterocycles. The Hall–Kier alpha value is -1.26. The molecule has 0 saturated heterocycles. The average molecular weight is 284 g/mol. The quantitative estimate of drug-likeness (QED) is 0.806. The smallest absolute Gasteiger partial charge is 0.236 e. The molecular weight excluding hydrogens is 262 g/mol. The van der Waals surface area contributed by atoms with Gasteiger partial charge in [-0.15, -0.1) is 0 Å². The molecule has 0 atom stereocenters. The summed E-state index contributed by atoms with van der Waals surface area (Å²) in [5.74, 6) is -0.346. The summed E-state index contributed by atoms with van der Waals surface area (Å²) >= 11 is 6.27. The molecule has 0 radical (unpaired) electrons. The minimum atomic E-state index is -0.346. The number of rotatable bonds is 7. The zero-order valence-corrected chi connectivity index (χ0v) is 12.5. The first-order valence-electron chi connectivity index (χ1n) is 6.49. The molecule has 0 saturated carbocycles. The molecule has 1 amide bonds. The van der Waals surface area contributed by atoms with E-state index >= 15 is 0 Å². The van der Waals surface area contributed by atoms with Crippen molar-refractivity contribution >= 4 is 23.2 Å². The lowest BCUT2D eigenvalue weighted by molar-refractivity contribution is -0.116. The first kappa shape index (κ1) is 15.8. The Morgan fingerprint density at radius 3 is 2.63 bits per heavy atom. The second-order valence-corrected chi connectivity index (χ2v) is 5.15. The molecule has 1 rings (SSSR count). The van der Waals surface area contributed by atoms with Crippen LogP contribution in [0.25, 0.3) is 0 Å². The van der Waals surface area contributed by atoms with Gasteiger partial charge in [0.25, 0.3) is 0 Å². The van der Waals surface area contributed by atoms with Gasteiger partial charge < -0.3 is 16.0 Å². The van der Waals surface area contributed by atoms with E-state index in [4.69, 9.17) is 17.3 Å². The largest absolute Gasteiger partial charge is 0.368 e. The third kappa shape index (κ3) is 4.73. The number of halogens is 1. The monoisotopic (exact) mass is 283 g/mol. The molecule has 0 fully saturated rings. The number of benzene rings is 1. The number of nitrogens with two attached hydrogens (primary N) is 1. The molecule has 1 aromatic carbocycles. The van der Waals surface area contributed by atoms with Gasteiger partial charge in [-0.05, 0) is 38.1 Å². The van der Waals surface area contributed by atoms with Gasteiger partial charge in [0, 0.05) is 23.3 Å². The first-order valence-corrected chi connectivity index (χ1v) is 6.87. The Morgan fingerprint density at radius 1 is 1.47 bits per heavy atom. The minimum absolute atomic E-state index is 0.184. The molecule has 106 valence electrons. The molecule has 4 nitrogen and oxygen atoms in total. The van der Waals surface area contributed by atoms with Crippen molar-refractivity contribution in [1.29, 1.82) is 0 Å². The first-order chi connectivity index (χ1) is 8.95. The number of carbonyl (C=O) groups is 1. The van der Waals surface area contributed by atoms with Crippen LogP contribution in [0.3, 0.4) is 0 Å². The van der Waals surface area contributed by atoms with E-state index in [1.54, 1.807) is 0 Å². The predicted molar refractivity (Wildman–Crippen MR) is 80.5 cm³/mol. The van der Waals surface area contributed by atoms with Crippen molar-refractivity contribution in [3.05, 3.63) is 28.8 Å². The summed E-state index contributed by atoms with van der Waals surface area (Å²) in [7, 11) is 0. The van der Waals surface area contributed by atoms with E-state index < -0.39 is 0 Å². The number of nitrogens with zero attached hydrogens (tertiary/aromatic N) is 1. The van der Waals surface area contributed by atoms with Crippen LogP contribution >= 0.6 is 11.6 Å². The Morgan fingerprint density at radius 2 is 2.16 bits per heavy atom. The van der Waals surface area contributed by atoms with Crippen LogP contribution in [0, 0.1) is 0 Å². The summed E-state index contributed by atoms with van der Waals surface area (Å²) in [5, 5.41) is 3.94. The Balaban J connectivity index is 2.93. The molecule has 0 aliphatic rings. The van der Waals surface area contributed by atoms with E-state index in [0.717, 1.165) is 24.3 Å². The number of carbonyl (C=O) groups excluding carboxylic acids is 1. The van der Waals surface area contributed by atoms with Gasteiger partial charge in [-0.2, -0.15) is 0 Å². The fourth-order valence-electron chi connectivity index (χ4n) is 1.86. The van der Waals surface area contributed by atoms with E-state index in [-0.39, 0.29) is 18.5 Å². The number of anilines is 1. The lowest BCUT2D eigenvalue weighted by Gasteiger charge is -2.28. The molecule has 0 spiro atoms. The lowest BCUT2D eigenvalue weighted by atomic mass is 10.1. The Kier molecular flexibility index (Phi) is 6.12. The maximum Gasteiger partial charge on any atom is 0.236 e. The van der Waals surface area contributed by atoms with Gasteiger partial charge in [0.15, 0.2) is 0 Å². The summed E-state index contributed by atoms with van der Waals surface area (Å²) in [5.41, 5.74) is 7.25. The number of primary amides is 1. The molecule has 0 unspecified atom stereocenters. The second kappa shape index (κ2) is 7.36. The summed E-state index contributed by atoms with van der Waals surface area (Å²) in [4.78, 5) is 13.1. The van der Waals surface area contributed by atoms with Crippen LogP contribution in [0.1, 0.15) is 26.3 Å². The Labute approximate surface area is 119 Å². The van der Waals surface area contributed by atoms with Gasteiger partial charge in [-0.25, -0.2) is 0 Å². The normalized spacial score (nSPS) is 10.8. The average Bonchev–Trinajstić information content (AvgIpc) is 2.34. The summed E-state index contributed by atoms with van der Waals surface area (Å²) < 4.78 is 0. The highest BCUT2D eigenvalue weighted by Gasteiger charge is 2.14. The van der Waals surface area contributed by atoms with Crippen LogP contribution < -0.4 is 16.0 Å². The molecule has 1 aromatic rings. The summed E-state index contributed by atoms with van der Waals surface area (Å²) in [6, 6.07) is 6.03. The van der Waals surface area contributed by atoms with Crippen LogP contribution in [-0.2, 0) is 11.3 Å². The maximum atomic E-state index is 11.1. The van der Waals surface area contributed by atoms with E-state index in [1.807, 2.05) is 36.9 Å². The van der Waals surface area contributed by atoms with Crippen molar-refractivity contribution in [3.8, 4) is 0 Å². The van der Waals surface area contributed by atoms with Crippen molar-refractivity contribution in [3.63, 3.8) is 0 Å². The molecule has 3 N–H and O–H groups in total. The minimum Gasteiger partial charge on any atom is -0.368 e. The van der Waals surface area contributed by atoms with E-state index in [0.29, 0.717) is 5.02 Å². The van der Waals surface area contributed by atoms with Gasteiger partial charge in [0.1, 0.15) is 0 Å². The van der Waals surface area contributed by atoms with Gasteiger partial charge in [-0.1, -0.05) is 24.6 Å². The van der Waals surface area contributed by atoms with Gasteiger partial charge in [0.2, 0.25) is 5.91 Å². The fraction of sp³-hybridized carbons (Fsp3) is 0.500. The van der Waals surface area contributed by atoms with Crippen LogP contribution in [0.2, 0.25) is 5.02 Å². The van der Waals surface area contributed by atoms with Crippen LogP contribution in [0.5, 0.6) is 0 Å². The zero-order valence-electron chi connectivity index (χ0n) is 11.7. The third-order valence-electron chi connectivity index (χ3n) is 2.88. The molecular formula is C14H22ClN3O. The van der Waals surface area contributed by atoms with Crippen LogP contribution in [-0.4, -0.2) is 25.0 Å². The van der Waals surface area contributed by atoms with E-state index in [9.17, 15) is 4.79 Å². The van der Waals surface area contributed by atoms with E-state index in [1.165, 1.54) is 0 Å². The molecule has 0 heterocycles. The standard InChI is InChI=1S/C14H22ClN3O/c1-4-17-8-11-5-6-12(7-13(11)15)18(10(2)3)9-14(16)19/h5-7,10,17H,4,8-9H2,1-3H3,(H2,16,19). The second-order valence-electron chi connectivity index (χ2n) is 4.74. The van der Waals surface area contributed by atoms with Crippen molar-refractivity contribution in [2.24, 2.45) is 5.73 Å². The maximum absolute atomic E-state index is 11.1. The summed E-state index contributed by atoms with van der Waals surface area (Å²) in [6.45, 7) is 7.92. The van der Waals surface area contributed by atoms with E-state index in [2.05, 4.69) is 12.2 Å². The number of nitrogens with one attached hydrogen (secondary N) is 1. The third-order valence-corrected chi connectivity index (χ3v) is 3.24. The van der Waals surface area contributed by atoms with Gasteiger partial charge in [-0.3, -0.25) is 4.79 Å². The van der Waals surface area contributed by atoms with Crippen LogP contribution in [0.15, 0.2) is 18.2 Å². The fourth-order valence-corrected chi connectivity index (χ4v) is 2.10. The topological polar surface area (TPSA) is 58.4 Å². The van der Waals surface area contributed by atoms with Crippen LogP contribution in [0.4, 0.5) is 5.69 Å². The van der Waals surface area contributed by atoms with Crippen molar-refractivity contribution < 1.29 is 4.79 Å². The van der Waals surface area contributed by atoms with Crippen molar-refractivity contribution in [2.45, 2.75) is 33.4 Å². The molecule has 5 heteroatoms. The Bertz CT molecular complexity index is 435. The number of amides is 1. The number of hydrogen-bond donors (Lipinski definition) is 2. The highest BCUT2D eigenvalue weighted by atomic mass is 35.5. The molecule has 0 aliphatic carbocycles. The SMILES string of the molecule is CCNCc1ccc(N(CC(N)=O)C(C)C)cc1Cl.